The van der Waals surface area contributed by atoms with Gasteiger partial charge in [0.25, 0.3) is 0 Å². The fourth-order valence-corrected chi connectivity index (χ4v) is 0.595. The third kappa shape index (κ3) is 5.37. The van der Waals surface area contributed by atoms with Crippen LogP contribution in [-0.4, -0.2) is 23.9 Å². The summed E-state index contributed by atoms with van der Waals surface area (Å²) in [6, 6.07) is 0. The van der Waals surface area contributed by atoms with Gasteiger partial charge in [0.15, 0.2) is 0 Å². The monoisotopic (exact) mass is 147 g/mol. The number of hydrogen-bond donors (Lipinski definition) is 2. The van der Waals surface area contributed by atoms with E-state index < -0.39 is 12.2 Å². The molecule has 0 saturated carbocycles. The minimum atomic E-state index is -0.838. The molecule has 0 rings (SSSR count). The lowest BCUT2D eigenvalue weighted by Gasteiger charge is -2.07. The maximum Gasteiger partial charge on any atom is 0.404 e. The van der Waals surface area contributed by atoms with E-state index in [4.69, 9.17) is 5.11 Å². The predicted molar refractivity (Wildman–Crippen MR) is 36.5 cm³/mol. The quantitative estimate of drug-likeness (QED) is 0.598. The molecule has 0 heterocycles. The van der Waals surface area contributed by atoms with Crippen LogP contribution in [0.1, 0.15) is 19.8 Å². The summed E-state index contributed by atoms with van der Waals surface area (Å²) in [7, 11) is 0. The molecule has 0 aliphatic carbocycles. The minimum absolute atomic E-state index is 0.00315. The van der Waals surface area contributed by atoms with E-state index in [1.807, 2.05) is 6.92 Å². The molecule has 4 nitrogen and oxygen atoms in total. The highest BCUT2D eigenvalue weighted by atomic mass is 16.6. The van der Waals surface area contributed by atoms with Crippen LogP contribution in [0, 0.1) is 0 Å². The third-order valence-corrected chi connectivity index (χ3v) is 1.04. The number of rotatable bonds is 4. The van der Waals surface area contributed by atoms with Gasteiger partial charge in [0.1, 0.15) is 6.61 Å². The second-order valence-corrected chi connectivity index (χ2v) is 2.07. The van der Waals surface area contributed by atoms with E-state index in [0.717, 1.165) is 6.42 Å². The maximum atomic E-state index is 10.00. The molecule has 0 aromatic heterocycles. The van der Waals surface area contributed by atoms with Gasteiger partial charge >= 0.3 is 6.09 Å². The van der Waals surface area contributed by atoms with Gasteiger partial charge < -0.3 is 15.6 Å². The van der Waals surface area contributed by atoms with Crippen LogP contribution in [0.5, 0.6) is 0 Å². The van der Waals surface area contributed by atoms with Crippen molar-refractivity contribution in [2.75, 3.05) is 6.61 Å². The van der Waals surface area contributed by atoms with E-state index in [1.165, 1.54) is 0 Å². The van der Waals surface area contributed by atoms with E-state index in [9.17, 15) is 4.79 Å². The molecule has 0 aromatic rings. The number of amides is 1. The van der Waals surface area contributed by atoms with Gasteiger partial charge in [-0.3, -0.25) is 0 Å². The zero-order chi connectivity index (χ0) is 7.98. The number of ether oxygens (including phenoxy) is 1. The molecule has 0 spiro atoms. The zero-order valence-corrected chi connectivity index (χ0v) is 6.04. The first kappa shape index (κ1) is 9.23. The first-order valence-electron chi connectivity index (χ1n) is 3.27. The lowest BCUT2D eigenvalue weighted by Crippen LogP contribution is -2.21. The SMILES string of the molecule is CCCC(O)COC(N)=O. The number of carbonyl (C=O) groups is 1. The fraction of sp³-hybridized carbons (Fsp3) is 0.833. The Bertz CT molecular complexity index is 105. The summed E-state index contributed by atoms with van der Waals surface area (Å²) in [5.41, 5.74) is 4.66. The molecule has 0 bridgehead atoms. The van der Waals surface area contributed by atoms with Crippen LogP contribution in [0.2, 0.25) is 0 Å². The van der Waals surface area contributed by atoms with E-state index in [-0.39, 0.29) is 6.61 Å². The highest BCUT2D eigenvalue weighted by molar-refractivity contribution is 5.64. The molecule has 1 amide bonds. The molecule has 4 heteroatoms. The van der Waals surface area contributed by atoms with Crippen molar-refractivity contribution in [2.24, 2.45) is 5.73 Å². The van der Waals surface area contributed by atoms with Crippen LogP contribution in [0.25, 0.3) is 0 Å². The van der Waals surface area contributed by atoms with Gasteiger partial charge in [0.2, 0.25) is 0 Å². The number of hydrogen-bond acceptors (Lipinski definition) is 3. The maximum absolute atomic E-state index is 10.00. The molecule has 1 atom stereocenters. The molecule has 0 aromatic carbocycles. The molecule has 0 saturated heterocycles. The van der Waals surface area contributed by atoms with E-state index in [1.54, 1.807) is 0 Å². The summed E-state index contributed by atoms with van der Waals surface area (Å²) in [5, 5.41) is 8.97. The average Bonchev–Trinajstić information content (AvgIpc) is 1.85. The van der Waals surface area contributed by atoms with Crippen molar-refractivity contribution >= 4 is 6.09 Å². The van der Waals surface area contributed by atoms with E-state index in [0.29, 0.717) is 6.42 Å². The normalized spacial score (nSPS) is 12.6. The van der Waals surface area contributed by atoms with Crippen molar-refractivity contribution in [1.82, 2.24) is 0 Å². The minimum Gasteiger partial charge on any atom is -0.447 e. The molecule has 60 valence electrons. The topological polar surface area (TPSA) is 72.6 Å². The van der Waals surface area contributed by atoms with Gasteiger partial charge in [0.05, 0.1) is 6.10 Å². The van der Waals surface area contributed by atoms with E-state index in [2.05, 4.69) is 10.5 Å². The van der Waals surface area contributed by atoms with Crippen molar-refractivity contribution in [3.8, 4) is 0 Å². The van der Waals surface area contributed by atoms with Gasteiger partial charge in [-0.15, -0.1) is 0 Å². The van der Waals surface area contributed by atoms with Crippen LogP contribution in [-0.2, 0) is 4.74 Å². The number of nitrogens with two attached hydrogens (primary N) is 1. The lowest BCUT2D eigenvalue weighted by atomic mass is 10.2. The molecule has 0 radical (unpaired) electrons. The number of carbonyl (C=O) groups excluding carboxylic acids is 1. The Balaban J connectivity index is 3.21. The first-order chi connectivity index (χ1) is 4.66. The molecule has 0 aliphatic rings. The molecule has 1 unspecified atom stereocenters. The highest BCUT2D eigenvalue weighted by Crippen LogP contribution is 1.95. The Morgan fingerprint density at radius 2 is 2.40 bits per heavy atom. The second-order valence-electron chi connectivity index (χ2n) is 2.07. The molecule has 0 aliphatic heterocycles. The van der Waals surface area contributed by atoms with Crippen LogP contribution in [0.15, 0.2) is 0 Å². The van der Waals surface area contributed by atoms with Gasteiger partial charge in [-0.2, -0.15) is 0 Å². The molecule has 0 fully saturated rings. The summed E-state index contributed by atoms with van der Waals surface area (Å²) in [4.78, 5) is 10.00. The Labute approximate surface area is 60.0 Å². The number of aliphatic hydroxyl groups is 1. The zero-order valence-electron chi connectivity index (χ0n) is 6.04. The van der Waals surface area contributed by atoms with Crippen LogP contribution < -0.4 is 5.73 Å². The largest absolute Gasteiger partial charge is 0.447 e. The summed E-state index contributed by atoms with van der Waals surface area (Å²) < 4.78 is 4.35. The number of primary amides is 1. The fourth-order valence-electron chi connectivity index (χ4n) is 0.595. The molecular formula is C6H13NO3. The highest BCUT2D eigenvalue weighted by Gasteiger charge is 2.03. The molecule has 3 N–H and O–H groups in total. The Kier molecular flexibility index (Phi) is 4.66. The summed E-state index contributed by atoms with van der Waals surface area (Å²) in [6.07, 6.45) is 0.0870. The summed E-state index contributed by atoms with van der Waals surface area (Å²) in [5.74, 6) is 0. The first-order valence-corrected chi connectivity index (χ1v) is 3.27. The van der Waals surface area contributed by atoms with Crippen molar-refractivity contribution in [3.05, 3.63) is 0 Å². The number of aliphatic hydroxyl groups excluding tert-OH is 1. The van der Waals surface area contributed by atoms with Crippen LogP contribution in [0.4, 0.5) is 4.79 Å². The van der Waals surface area contributed by atoms with Crippen molar-refractivity contribution in [1.29, 1.82) is 0 Å². The smallest absolute Gasteiger partial charge is 0.404 e. The Hall–Kier alpha value is -0.770. The van der Waals surface area contributed by atoms with Crippen molar-refractivity contribution in [3.63, 3.8) is 0 Å². The Morgan fingerprint density at radius 3 is 2.80 bits per heavy atom. The second kappa shape index (κ2) is 5.05. The molecular weight excluding hydrogens is 134 g/mol. The van der Waals surface area contributed by atoms with Gasteiger partial charge in [-0.1, -0.05) is 13.3 Å². The third-order valence-electron chi connectivity index (χ3n) is 1.04. The standard InChI is InChI=1S/C6H13NO3/c1-2-3-5(8)4-10-6(7)9/h5,8H,2-4H2,1H3,(H2,7,9). The van der Waals surface area contributed by atoms with Gasteiger partial charge in [-0.25, -0.2) is 4.79 Å². The average molecular weight is 147 g/mol. The van der Waals surface area contributed by atoms with Gasteiger partial charge in [-0.05, 0) is 6.42 Å². The van der Waals surface area contributed by atoms with Crippen LogP contribution in [0.3, 0.4) is 0 Å². The summed E-state index contributed by atoms with van der Waals surface area (Å²) in [6.45, 7) is 1.94. The summed E-state index contributed by atoms with van der Waals surface area (Å²) >= 11 is 0. The lowest BCUT2D eigenvalue weighted by molar-refractivity contribution is 0.0676. The van der Waals surface area contributed by atoms with Gasteiger partial charge in [0, 0.05) is 0 Å². The Morgan fingerprint density at radius 1 is 1.80 bits per heavy atom. The van der Waals surface area contributed by atoms with Crippen molar-refractivity contribution in [2.45, 2.75) is 25.9 Å². The molecule has 10 heavy (non-hydrogen) atoms. The van der Waals surface area contributed by atoms with Crippen LogP contribution >= 0.6 is 0 Å². The van der Waals surface area contributed by atoms with E-state index >= 15 is 0 Å². The van der Waals surface area contributed by atoms with Crippen molar-refractivity contribution < 1.29 is 14.6 Å². The predicted octanol–water partition coefficient (Wildman–Crippen LogP) is 0.243.